The first-order chi connectivity index (χ1) is 12.5. The number of benzene rings is 2. The van der Waals surface area contributed by atoms with Crippen molar-refractivity contribution in [2.75, 3.05) is 6.26 Å². The van der Waals surface area contributed by atoms with Gasteiger partial charge >= 0.3 is 5.97 Å². The summed E-state index contributed by atoms with van der Waals surface area (Å²) in [5, 5.41) is 10.0. The van der Waals surface area contributed by atoms with Crippen molar-refractivity contribution >= 4 is 39.7 Å². The molecule has 3 rings (SSSR count). The molecule has 26 heavy (non-hydrogen) atoms. The van der Waals surface area contributed by atoms with Gasteiger partial charge in [0.2, 0.25) is 5.43 Å². The van der Waals surface area contributed by atoms with Crippen LogP contribution in [0.3, 0.4) is 0 Å². The van der Waals surface area contributed by atoms with E-state index in [-0.39, 0.29) is 11.0 Å². The van der Waals surface area contributed by atoms with Gasteiger partial charge in [0.25, 0.3) is 0 Å². The van der Waals surface area contributed by atoms with Crippen molar-refractivity contribution in [2.45, 2.75) is 43.9 Å². The van der Waals surface area contributed by atoms with Crippen molar-refractivity contribution in [1.29, 1.82) is 0 Å². The number of fused-ring (bicyclic) bond motifs is 2. The maximum atomic E-state index is 13.0. The van der Waals surface area contributed by atoms with Crippen LogP contribution in [-0.4, -0.2) is 17.3 Å². The number of unbranched alkanes of at least 4 members (excludes halogenated alkanes) is 3. The van der Waals surface area contributed by atoms with Gasteiger partial charge in [0.1, 0.15) is 11.2 Å². The van der Waals surface area contributed by atoms with Crippen LogP contribution in [0.15, 0.2) is 44.4 Å². The number of rotatable bonds is 7. The second kappa shape index (κ2) is 7.96. The molecule has 0 bridgehead atoms. The van der Waals surface area contributed by atoms with E-state index < -0.39 is 5.97 Å². The topological polar surface area (TPSA) is 67.5 Å². The van der Waals surface area contributed by atoms with E-state index in [1.54, 1.807) is 17.8 Å². The fourth-order valence-electron chi connectivity index (χ4n) is 3.18. The summed E-state index contributed by atoms with van der Waals surface area (Å²) in [5.74, 6) is -1.05. The smallest absolute Gasteiger partial charge is 0.335 e. The SMILES string of the molecule is CCCCCCc1cc(SC)cc2c(=O)c3cc(C(=O)O)ccc3oc12. The Morgan fingerprint density at radius 1 is 1.12 bits per heavy atom. The van der Waals surface area contributed by atoms with Gasteiger partial charge in [-0.25, -0.2) is 4.79 Å². The Bertz CT molecular complexity index is 1020. The minimum atomic E-state index is -1.05. The molecule has 5 heteroatoms. The number of carboxylic acids is 1. The lowest BCUT2D eigenvalue weighted by atomic mass is 10.0. The fourth-order valence-corrected chi connectivity index (χ4v) is 3.67. The van der Waals surface area contributed by atoms with Crippen LogP contribution in [0.5, 0.6) is 0 Å². The Balaban J connectivity index is 2.19. The van der Waals surface area contributed by atoms with Gasteiger partial charge in [-0.05, 0) is 55.0 Å². The predicted octanol–water partition coefficient (Wildman–Crippen LogP) is 5.49. The molecule has 0 saturated carbocycles. The first-order valence-electron chi connectivity index (χ1n) is 8.86. The summed E-state index contributed by atoms with van der Waals surface area (Å²) >= 11 is 1.59. The van der Waals surface area contributed by atoms with Gasteiger partial charge in [-0.1, -0.05) is 26.2 Å². The Kier molecular flexibility index (Phi) is 5.67. The lowest BCUT2D eigenvalue weighted by molar-refractivity contribution is 0.0697. The zero-order valence-electron chi connectivity index (χ0n) is 15.0. The van der Waals surface area contributed by atoms with Gasteiger partial charge in [0.15, 0.2) is 0 Å². The lowest BCUT2D eigenvalue weighted by Gasteiger charge is -2.10. The zero-order valence-corrected chi connectivity index (χ0v) is 15.8. The maximum Gasteiger partial charge on any atom is 0.335 e. The van der Waals surface area contributed by atoms with E-state index in [0.29, 0.717) is 21.9 Å². The van der Waals surface area contributed by atoms with E-state index in [1.165, 1.54) is 25.0 Å². The summed E-state index contributed by atoms with van der Waals surface area (Å²) in [6, 6.07) is 8.38. The summed E-state index contributed by atoms with van der Waals surface area (Å²) in [6.07, 6.45) is 7.43. The number of aromatic carboxylic acids is 1. The van der Waals surface area contributed by atoms with Gasteiger partial charge in [-0.3, -0.25) is 4.79 Å². The van der Waals surface area contributed by atoms with Gasteiger partial charge in [0, 0.05) is 4.90 Å². The molecule has 0 radical (unpaired) electrons. The molecule has 0 amide bonds. The number of hydrogen-bond acceptors (Lipinski definition) is 4. The second-order valence-electron chi connectivity index (χ2n) is 6.42. The van der Waals surface area contributed by atoms with Crippen LogP contribution in [0.4, 0.5) is 0 Å². The number of aryl methyl sites for hydroxylation is 1. The minimum absolute atomic E-state index is 0.0879. The molecule has 0 atom stereocenters. The summed E-state index contributed by atoms with van der Waals surface area (Å²) in [5.41, 5.74) is 2.02. The van der Waals surface area contributed by atoms with E-state index in [9.17, 15) is 14.7 Å². The number of carboxylic acid groups (broad SMARTS) is 1. The summed E-state index contributed by atoms with van der Waals surface area (Å²) in [6.45, 7) is 2.18. The van der Waals surface area contributed by atoms with E-state index in [2.05, 4.69) is 13.0 Å². The number of thioether (sulfide) groups is 1. The molecule has 1 aromatic heterocycles. The van der Waals surface area contributed by atoms with Gasteiger partial charge in [0.05, 0.1) is 16.3 Å². The highest BCUT2D eigenvalue weighted by Crippen LogP contribution is 2.28. The van der Waals surface area contributed by atoms with Crippen molar-refractivity contribution in [3.8, 4) is 0 Å². The summed E-state index contributed by atoms with van der Waals surface area (Å²) in [4.78, 5) is 25.2. The minimum Gasteiger partial charge on any atom is -0.478 e. The van der Waals surface area contributed by atoms with Gasteiger partial charge < -0.3 is 9.52 Å². The van der Waals surface area contributed by atoms with Crippen LogP contribution in [0.1, 0.15) is 48.5 Å². The molecule has 0 aliphatic rings. The van der Waals surface area contributed by atoms with Crippen LogP contribution in [0.2, 0.25) is 0 Å². The van der Waals surface area contributed by atoms with Crippen LogP contribution < -0.4 is 5.43 Å². The highest BCUT2D eigenvalue weighted by Gasteiger charge is 2.14. The van der Waals surface area contributed by atoms with Crippen molar-refractivity contribution in [2.24, 2.45) is 0 Å². The monoisotopic (exact) mass is 370 g/mol. The van der Waals surface area contributed by atoms with E-state index in [1.807, 2.05) is 12.3 Å². The van der Waals surface area contributed by atoms with Crippen LogP contribution in [-0.2, 0) is 6.42 Å². The molecule has 0 saturated heterocycles. The van der Waals surface area contributed by atoms with Crippen molar-refractivity contribution < 1.29 is 14.3 Å². The van der Waals surface area contributed by atoms with Gasteiger partial charge in [-0.2, -0.15) is 0 Å². The normalized spacial score (nSPS) is 11.3. The molecule has 0 aliphatic carbocycles. The van der Waals surface area contributed by atoms with Crippen LogP contribution in [0.25, 0.3) is 21.9 Å². The Morgan fingerprint density at radius 2 is 1.92 bits per heavy atom. The third-order valence-electron chi connectivity index (χ3n) is 4.60. The first kappa shape index (κ1) is 18.5. The molecule has 1 heterocycles. The van der Waals surface area contributed by atoms with Crippen LogP contribution >= 0.6 is 11.8 Å². The molecule has 3 aromatic rings. The van der Waals surface area contributed by atoms with Crippen molar-refractivity contribution in [3.05, 3.63) is 51.7 Å². The fraction of sp³-hybridized carbons (Fsp3) is 0.333. The Labute approximate surface area is 156 Å². The molecule has 0 aliphatic heterocycles. The largest absolute Gasteiger partial charge is 0.478 e. The molecule has 0 fully saturated rings. The first-order valence-corrected chi connectivity index (χ1v) is 10.1. The maximum absolute atomic E-state index is 13.0. The third-order valence-corrected chi connectivity index (χ3v) is 5.31. The average molecular weight is 370 g/mol. The second-order valence-corrected chi connectivity index (χ2v) is 7.30. The predicted molar refractivity (Wildman–Crippen MR) is 107 cm³/mol. The van der Waals surface area contributed by atoms with Crippen LogP contribution in [0, 0.1) is 0 Å². The molecule has 2 aromatic carbocycles. The Hall–Kier alpha value is -2.27. The van der Waals surface area contributed by atoms with E-state index >= 15 is 0 Å². The quantitative estimate of drug-likeness (QED) is 0.338. The standard InChI is InChI=1S/C21H22O4S/c1-3-4-5-6-7-13-10-15(26-2)12-17-19(22)16-11-14(21(23)24)8-9-18(16)25-20(13)17/h8-12H,3-7H2,1-2H3,(H,23,24). The third kappa shape index (κ3) is 3.63. The Morgan fingerprint density at radius 3 is 2.62 bits per heavy atom. The van der Waals surface area contributed by atoms with Crippen molar-refractivity contribution in [3.63, 3.8) is 0 Å². The van der Waals surface area contributed by atoms with E-state index in [4.69, 9.17) is 4.42 Å². The zero-order chi connectivity index (χ0) is 18.7. The molecule has 4 nitrogen and oxygen atoms in total. The molecule has 0 unspecified atom stereocenters. The molecule has 0 spiro atoms. The molecular weight excluding hydrogens is 348 g/mol. The molecule has 136 valence electrons. The van der Waals surface area contributed by atoms with Crippen molar-refractivity contribution in [1.82, 2.24) is 0 Å². The highest BCUT2D eigenvalue weighted by atomic mass is 32.2. The number of hydrogen-bond donors (Lipinski definition) is 1. The lowest BCUT2D eigenvalue weighted by Crippen LogP contribution is -2.06. The molecule has 1 N–H and O–H groups in total. The molecular formula is C21H22O4S. The van der Waals surface area contributed by atoms with E-state index in [0.717, 1.165) is 29.7 Å². The average Bonchev–Trinajstić information content (AvgIpc) is 2.65. The number of carbonyl (C=O) groups is 1. The highest BCUT2D eigenvalue weighted by molar-refractivity contribution is 7.98. The summed E-state index contributed by atoms with van der Waals surface area (Å²) in [7, 11) is 0. The van der Waals surface area contributed by atoms with Gasteiger partial charge in [-0.15, -0.1) is 11.8 Å². The summed E-state index contributed by atoms with van der Waals surface area (Å²) < 4.78 is 6.05.